The molecule has 8 aliphatic carbocycles. The quantitative estimate of drug-likeness (QED) is 0.345. The lowest BCUT2D eigenvalue weighted by atomic mass is 9.45. The van der Waals surface area contributed by atoms with Crippen LogP contribution in [0.25, 0.3) is 0 Å². The zero-order valence-corrected chi connectivity index (χ0v) is 29.5. The first kappa shape index (κ1) is 31.6. The van der Waals surface area contributed by atoms with Gasteiger partial charge in [-0.25, -0.2) is 0 Å². The van der Waals surface area contributed by atoms with Gasteiger partial charge in [0.1, 0.15) is 0 Å². The van der Waals surface area contributed by atoms with Gasteiger partial charge >= 0.3 is 0 Å². The fraction of sp³-hybridized carbons (Fsp3) is 1.00. The van der Waals surface area contributed by atoms with Gasteiger partial charge in [0, 0.05) is 6.61 Å². The van der Waals surface area contributed by atoms with Crippen LogP contribution in [0.15, 0.2) is 0 Å². The molecule has 0 aromatic rings. The van der Waals surface area contributed by atoms with Gasteiger partial charge in [-0.1, -0.05) is 66.7 Å². The first-order valence-electron chi connectivity index (χ1n) is 20.3. The third kappa shape index (κ3) is 4.90. The predicted octanol–water partition coefficient (Wildman–Crippen LogP) is 11.9. The van der Waals surface area contributed by atoms with Crippen molar-refractivity contribution in [3.63, 3.8) is 0 Å². The topological polar surface area (TPSA) is 20.2 Å². The Morgan fingerprint density at radius 2 is 0.930 bits per heavy atom. The summed E-state index contributed by atoms with van der Waals surface area (Å²) in [5, 5.41) is 9.46. The van der Waals surface area contributed by atoms with Crippen molar-refractivity contribution in [2.24, 2.45) is 80.8 Å². The van der Waals surface area contributed by atoms with E-state index in [1.807, 2.05) is 0 Å². The molecule has 43 heavy (non-hydrogen) atoms. The molecule has 0 bridgehead atoms. The van der Waals surface area contributed by atoms with Crippen LogP contribution in [-0.2, 0) is 0 Å². The smallest absolute Gasteiger partial charge is 0.0433 e. The van der Waals surface area contributed by atoms with Crippen molar-refractivity contribution in [1.82, 2.24) is 0 Å². The van der Waals surface area contributed by atoms with E-state index < -0.39 is 0 Å². The molecular formula is C42H72O. The number of hydrogen-bond donors (Lipinski definition) is 1. The maximum absolute atomic E-state index is 9.46. The van der Waals surface area contributed by atoms with E-state index in [4.69, 9.17) is 0 Å². The zero-order chi connectivity index (χ0) is 30.0. The van der Waals surface area contributed by atoms with Gasteiger partial charge in [-0.15, -0.1) is 0 Å². The Morgan fingerprint density at radius 1 is 0.465 bits per heavy atom. The summed E-state index contributed by atoms with van der Waals surface area (Å²) >= 11 is 0. The fourth-order valence-electron chi connectivity index (χ4n) is 16.1. The third-order valence-corrected chi connectivity index (χ3v) is 18.5. The highest BCUT2D eigenvalue weighted by Crippen LogP contribution is 2.69. The van der Waals surface area contributed by atoms with Gasteiger partial charge in [-0.05, 0) is 190 Å². The van der Waals surface area contributed by atoms with E-state index in [0.29, 0.717) is 22.9 Å². The molecular weight excluding hydrogens is 520 g/mol. The largest absolute Gasteiger partial charge is 0.396 e. The third-order valence-electron chi connectivity index (χ3n) is 18.5. The van der Waals surface area contributed by atoms with Crippen molar-refractivity contribution in [2.75, 3.05) is 6.61 Å². The minimum Gasteiger partial charge on any atom is -0.396 e. The van der Waals surface area contributed by atoms with E-state index in [1.165, 1.54) is 83.5 Å². The molecule has 0 radical (unpaired) electrons. The highest BCUT2D eigenvalue weighted by atomic mass is 16.3. The summed E-state index contributed by atoms with van der Waals surface area (Å²) in [5.74, 6) is 10.3. The number of rotatable bonds is 3. The predicted molar refractivity (Wildman–Crippen MR) is 182 cm³/mol. The van der Waals surface area contributed by atoms with Gasteiger partial charge in [0.05, 0.1) is 0 Å². The molecule has 8 aliphatic rings. The summed E-state index contributed by atoms with van der Waals surface area (Å²) in [4.78, 5) is 0. The van der Waals surface area contributed by atoms with Crippen LogP contribution in [0.2, 0.25) is 0 Å². The van der Waals surface area contributed by atoms with Crippen LogP contribution in [-0.4, -0.2) is 11.7 Å². The van der Waals surface area contributed by atoms with Crippen LogP contribution >= 0.6 is 0 Å². The number of aliphatic hydroxyl groups is 1. The van der Waals surface area contributed by atoms with E-state index >= 15 is 0 Å². The van der Waals surface area contributed by atoms with Crippen LogP contribution in [0, 0.1) is 80.8 Å². The minimum absolute atomic E-state index is 0.404. The number of hydrogen-bond acceptors (Lipinski definition) is 1. The molecule has 0 amide bonds. The Morgan fingerprint density at radius 3 is 1.42 bits per heavy atom. The van der Waals surface area contributed by atoms with E-state index in [9.17, 15) is 5.11 Å². The molecule has 5 unspecified atom stereocenters. The molecule has 14 atom stereocenters. The van der Waals surface area contributed by atoms with Gasteiger partial charge in [-0.2, -0.15) is 0 Å². The molecule has 1 nitrogen and oxygen atoms in total. The van der Waals surface area contributed by atoms with Crippen molar-refractivity contribution in [3.8, 4) is 0 Å². The molecule has 0 aromatic heterocycles. The van der Waals surface area contributed by atoms with Crippen molar-refractivity contribution >= 4 is 0 Å². The molecule has 8 rings (SSSR count). The minimum atomic E-state index is 0.404. The van der Waals surface area contributed by atoms with Gasteiger partial charge in [0.25, 0.3) is 0 Å². The van der Waals surface area contributed by atoms with E-state index in [-0.39, 0.29) is 0 Å². The van der Waals surface area contributed by atoms with Crippen LogP contribution in [0.5, 0.6) is 0 Å². The molecule has 1 heteroatoms. The van der Waals surface area contributed by atoms with Crippen molar-refractivity contribution in [3.05, 3.63) is 0 Å². The maximum Gasteiger partial charge on any atom is 0.0433 e. The van der Waals surface area contributed by atoms with E-state index in [0.717, 1.165) is 71.0 Å². The highest BCUT2D eigenvalue weighted by Gasteiger charge is 2.60. The highest BCUT2D eigenvalue weighted by molar-refractivity contribution is 5.10. The Labute approximate surface area is 267 Å². The van der Waals surface area contributed by atoms with Gasteiger partial charge in [0.2, 0.25) is 0 Å². The molecule has 8 fully saturated rings. The number of fused-ring (bicyclic) bond motifs is 10. The summed E-state index contributed by atoms with van der Waals surface area (Å²) in [6.07, 6.45) is 32.9. The standard InChI is InChI=1S/C21H36O.C21H36/c1-20-12-4-3-5-15(20)6-8-17-18-9-7-16(11-14-22)21(18,2)13-10-19(17)20;1-4-15-9-11-18-17-10-8-16-7-5-6-13-20(16,2)19(17)12-14-21(15,18)3/h15-19,22H,3-14H2,1-2H3;15-19H,4-14H2,1-3H3/t15?,16-,17+,18+,19+,20+,21-;15-,16?,17?,18?,19?,20-,21+/m10/s1. The summed E-state index contributed by atoms with van der Waals surface area (Å²) in [6.45, 7) is 13.5. The average molecular weight is 593 g/mol. The summed E-state index contributed by atoms with van der Waals surface area (Å²) in [6, 6.07) is 0. The van der Waals surface area contributed by atoms with Crippen molar-refractivity contribution in [1.29, 1.82) is 0 Å². The fourth-order valence-corrected chi connectivity index (χ4v) is 16.1. The summed E-state index contributed by atoms with van der Waals surface area (Å²) in [5.41, 5.74) is 2.68. The monoisotopic (exact) mass is 593 g/mol. The first-order valence-corrected chi connectivity index (χ1v) is 20.3. The molecule has 1 N–H and O–H groups in total. The second-order valence-corrected chi connectivity index (χ2v) is 19.4. The Hall–Kier alpha value is -0.0400. The van der Waals surface area contributed by atoms with Crippen molar-refractivity contribution in [2.45, 2.75) is 176 Å². The second kappa shape index (κ2) is 11.9. The first-order chi connectivity index (χ1) is 20.7. The molecule has 246 valence electrons. The second-order valence-electron chi connectivity index (χ2n) is 19.4. The normalized spacial score (nSPS) is 55.4. The summed E-state index contributed by atoms with van der Waals surface area (Å²) in [7, 11) is 0. The van der Waals surface area contributed by atoms with Gasteiger partial charge < -0.3 is 5.11 Å². The summed E-state index contributed by atoms with van der Waals surface area (Å²) < 4.78 is 0. The SMILES string of the molecule is CC[C@H]1CCC2C3CCC4CCCC[C@]4(C)C3CC[C@@]21C.C[C@]12CC[C@H]3[C@@H](CCC4CCCC[C@@]43C)[C@@H]1CC[C@@H]2CCO. The van der Waals surface area contributed by atoms with Crippen LogP contribution in [0.4, 0.5) is 0 Å². The van der Waals surface area contributed by atoms with Crippen molar-refractivity contribution < 1.29 is 5.11 Å². The molecule has 8 saturated carbocycles. The lowest BCUT2D eigenvalue weighted by Crippen LogP contribution is -2.52. The number of aliphatic hydroxyl groups excluding tert-OH is 1. The van der Waals surface area contributed by atoms with Gasteiger partial charge in [0.15, 0.2) is 0 Å². The average Bonchev–Trinajstić information content (AvgIpc) is 3.53. The van der Waals surface area contributed by atoms with Gasteiger partial charge in [-0.3, -0.25) is 0 Å². The zero-order valence-electron chi connectivity index (χ0n) is 29.5. The molecule has 0 heterocycles. The molecule has 0 aliphatic heterocycles. The van der Waals surface area contributed by atoms with Crippen LogP contribution in [0.1, 0.15) is 176 Å². The Bertz CT molecular complexity index is 972. The van der Waals surface area contributed by atoms with E-state index in [2.05, 4.69) is 34.6 Å². The van der Waals surface area contributed by atoms with E-state index in [1.54, 1.807) is 51.4 Å². The maximum atomic E-state index is 9.46. The van der Waals surface area contributed by atoms with Crippen LogP contribution < -0.4 is 0 Å². The Kier molecular flexibility index (Phi) is 8.72. The molecule has 0 spiro atoms. The van der Waals surface area contributed by atoms with Crippen LogP contribution in [0.3, 0.4) is 0 Å². The lowest BCUT2D eigenvalue weighted by Gasteiger charge is -2.60. The molecule has 0 aromatic carbocycles. The Balaban J connectivity index is 0.000000140. The lowest BCUT2D eigenvalue weighted by molar-refractivity contribution is -0.111. The molecule has 0 saturated heterocycles.